The molecule has 5 heteroatoms. The number of alkyl halides is 2. The Kier molecular flexibility index (Phi) is 6.42. The Morgan fingerprint density at radius 3 is 2.67 bits per heavy atom. The molecular weight excluding hydrogens is 340 g/mol. The second-order valence-corrected chi connectivity index (χ2v) is 6.61. The van der Waals surface area contributed by atoms with Gasteiger partial charge in [0.25, 0.3) is 0 Å². The van der Waals surface area contributed by atoms with Crippen LogP contribution in [0.15, 0.2) is 22.7 Å². The molecule has 1 aliphatic rings. The first-order valence-electron chi connectivity index (χ1n) is 7.53. The van der Waals surface area contributed by atoms with Gasteiger partial charge in [0.05, 0.1) is 0 Å². The van der Waals surface area contributed by atoms with Crippen molar-refractivity contribution in [3.63, 3.8) is 0 Å². The van der Waals surface area contributed by atoms with Gasteiger partial charge in [-0.25, -0.2) is 0 Å². The van der Waals surface area contributed by atoms with Crippen molar-refractivity contribution in [2.75, 3.05) is 0 Å². The fourth-order valence-electron chi connectivity index (χ4n) is 2.97. The summed E-state index contributed by atoms with van der Waals surface area (Å²) in [4.78, 5) is 0. The maximum atomic E-state index is 12.4. The van der Waals surface area contributed by atoms with E-state index in [1.807, 2.05) is 6.07 Å². The van der Waals surface area contributed by atoms with E-state index in [9.17, 15) is 8.78 Å². The number of hydrogen-bond acceptors (Lipinski definition) is 2. The van der Waals surface area contributed by atoms with Crippen molar-refractivity contribution in [2.24, 2.45) is 5.92 Å². The van der Waals surface area contributed by atoms with Crippen molar-refractivity contribution in [3.05, 3.63) is 28.2 Å². The minimum atomic E-state index is -2.79. The van der Waals surface area contributed by atoms with E-state index in [1.165, 1.54) is 32.1 Å². The zero-order chi connectivity index (χ0) is 15.2. The minimum absolute atomic E-state index is 0.247. The average molecular weight is 362 g/mol. The predicted octanol–water partition coefficient (Wildman–Crippen LogP) is 5.11. The van der Waals surface area contributed by atoms with Crippen LogP contribution in [0.2, 0.25) is 0 Å². The molecule has 1 fully saturated rings. The molecule has 1 aromatic carbocycles. The summed E-state index contributed by atoms with van der Waals surface area (Å²) in [6.45, 7) is -0.0680. The number of halogens is 3. The number of hydrogen-bond donors (Lipinski definition) is 1. The normalized spacial score (nSPS) is 18.0. The summed E-state index contributed by atoms with van der Waals surface area (Å²) >= 11 is 3.38. The molecule has 1 aromatic rings. The van der Waals surface area contributed by atoms with Gasteiger partial charge in [0.15, 0.2) is 0 Å². The molecule has 0 aliphatic heterocycles. The lowest BCUT2D eigenvalue weighted by atomic mass is 9.84. The Morgan fingerprint density at radius 1 is 1.29 bits per heavy atom. The lowest BCUT2D eigenvalue weighted by Crippen LogP contribution is -2.34. The van der Waals surface area contributed by atoms with Gasteiger partial charge in [-0.05, 0) is 43.9 Å². The number of rotatable bonds is 6. The van der Waals surface area contributed by atoms with Gasteiger partial charge >= 0.3 is 6.61 Å². The van der Waals surface area contributed by atoms with Crippen molar-refractivity contribution in [1.29, 1.82) is 0 Å². The molecule has 1 saturated carbocycles. The Bertz CT molecular complexity index is 450. The van der Waals surface area contributed by atoms with Crippen molar-refractivity contribution in [1.82, 2.24) is 5.32 Å². The lowest BCUT2D eigenvalue weighted by molar-refractivity contribution is -0.0505. The molecule has 1 atom stereocenters. The topological polar surface area (TPSA) is 21.3 Å². The summed E-state index contributed by atoms with van der Waals surface area (Å²) < 4.78 is 30.3. The summed E-state index contributed by atoms with van der Waals surface area (Å²) in [6, 6.07) is 5.52. The highest BCUT2D eigenvalue weighted by molar-refractivity contribution is 9.10. The summed E-state index contributed by atoms with van der Waals surface area (Å²) in [6.07, 6.45) is 6.45. The van der Waals surface area contributed by atoms with Crippen LogP contribution < -0.4 is 10.1 Å². The summed E-state index contributed by atoms with van der Waals surface area (Å²) in [5, 5.41) is 3.46. The Balaban J connectivity index is 1.96. The zero-order valence-electron chi connectivity index (χ0n) is 12.2. The SMILES string of the molecule is C[C@H](NCc1cc(Br)ccc1OC(F)F)C1CCCCC1. The van der Waals surface area contributed by atoms with E-state index < -0.39 is 6.61 Å². The highest BCUT2D eigenvalue weighted by Crippen LogP contribution is 2.28. The molecule has 0 heterocycles. The van der Waals surface area contributed by atoms with Gasteiger partial charge < -0.3 is 10.1 Å². The van der Waals surface area contributed by atoms with Crippen LogP contribution in [0, 0.1) is 5.92 Å². The van der Waals surface area contributed by atoms with Crippen LogP contribution in [-0.2, 0) is 6.54 Å². The van der Waals surface area contributed by atoms with Gasteiger partial charge in [0, 0.05) is 22.6 Å². The second kappa shape index (κ2) is 8.08. The maximum absolute atomic E-state index is 12.4. The predicted molar refractivity (Wildman–Crippen MR) is 83.7 cm³/mol. The fraction of sp³-hybridized carbons (Fsp3) is 0.625. The maximum Gasteiger partial charge on any atom is 0.387 e. The number of ether oxygens (including phenoxy) is 1. The first-order chi connectivity index (χ1) is 10.1. The van der Waals surface area contributed by atoms with E-state index in [0.717, 1.165) is 10.0 Å². The minimum Gasteiger partial charge on any atom is -0.434 e. The Morgan fingerprint density at radius 2 is 2.00 bits per heavy atom. The Labute approximate surface area is 133 Å². The highest BCUT2D eigenvalue weighted by atomic mass is 79.9. The molecule has 1 N–H and O–H groups in total. The van der Waals surface area contributed by atoms with Gasteiger partial charge in [-0.2, -0.15) is 8.78 Å². The van der Waals surface area contributed by atoms with Crippen molar-refractivity contribution in [2.45, 2.75) is 58.2 Å². The largest absolute Gasteiger partial charge is 0.434 e. The number of benzene rings is 1. The van der Waals surface area contributed by atoms with Crippen LogP contribution in [0.25, 0.3) is 0 Å². The van der Waals surface area contributed by atoms with Crippen LogP contribution in [0.5, 0.6) is 5.75 Å². The van der Waals surface area contributed by atoms with Crippen molar-refractivity contribution >= 4 is 15.9 Å². The third kappa shape index (κ3) is 5.22. The first kappa shape index (κ1) is 16.7. The quantitative estimate of drug-likeness (QED) is 0.759. The van der Waals surface area contributed by atoms with Gasteiger partial charge in [0.2, 0.25) is 0 Å². The van der Waals surface area contributed by atoms with Crippen LogP contribution in [0.3, 0.4) is 0 Å². The smallest absolute Gasteiger partial charge is 0.387 e. The average Bonchev–Trinajstić information content (AvgIpc) is 2.47. The number of nitrogens with one attached hydrogen (secondary N) is 1. The van der Waals surface area contributed by atoms with Crippen LogP contribution in [0.4, 0.5) is 8.78 Å². The molecule has 2 rings (SSSR count). The van der Waals surface area contributed by atoms with Gasteiger partial charge in [-0.1, -0.05) is 35.2 Å². The van der Waals surface area contributed by atoms with Crippen molar-refractivity contribution < 1.29 is 13.5 Å². The monoisotopic (exact) mass is 361 g/mol. The van der Waals surface area contributed by atoms with E-state index in [0.29, 0.717) is 18.5 Å². The van der Waals surface area contributed by atoms with E-state index in [-0.39, 0.29) is 5.75 Å². The molecule has 0 aromatic heterocycles. The van der Waals surface area contributed by atoms with Crippen LogP contribution in [-0.4, -0.2) is 12.7 Å². The fourth-order valence-corrected chi connectivity index (χ4v) is 3.38. The molecular formula is C16H22BrF2NO. The summed E-state index contributed by atoms with van der Waals surface area (Å²) in [5.41, 5.74) is 0.757. The van der Waals surface area contributed by atoms with Gasteiger partial charge in [-0.3, -0.25) is 0 Å². The van der Waals surface area contributed by atoms with E-state index in [2.05, 4.69) is 32.9 Å². The van der Waals surface area contributed by atoms with Crippen molar-refractivity contribution in [3.8, 4) is 5.75 Å². The molecule has 21 heavy (non-hydrogen) atoms. The summed E-state index contributed by atoms with van der Waals surface area (Å²) in [7, 11) is 0. The van der Waals surface area contributed by atoms with E-state index in [4.69, 9.17) is 0 Å². The molecule has 0 spiro atoms. The second-order valence-electron chi connectivity index (χ2n) is 5.70. The highest BCUT2D eigenvalue weighted by Gasteiger charge is 2.20. The molecule has 0 unspecified atom stereocenters. The molecule has 1 aliphatic carbocycles. The molecule has 2 nitrogen and oxygen atoms in total. The van der Waals surface area contributed by atoms with E-state index >= 15 is 0 Å². The molecule has 0 saturated heterocycles. The molecule has 118 valence electrons. The molecule has 0 bridgehead atoms. The summed E-state index contributed by atoms with van der Waals surface area (Å²) in [5.74, 6) is 0.932. The lowest BCUT2D eigenvalue weighted by Gasteiger charge is -2.28. The van der Waals surface area contributed by atoms with E-state index in [1.54, 1.807) is 12.1 Å². The Hall–Kier alpha value is -0.680. The first-order valence-corrected chi connectivity index (χ1v) is 8.32. The molecule has 0 radical (unpaired) electrons. The van der Waals surface area contributed by atoms with Gasteiger partial charge in [-0.15, -0.1) is 0 Å². The van der Waals surface area contributed by atoms with Crippen LogP contribution in [0.1, 0.15) is 44.6 Å². The van der Waals surface area contributed by atoms with Crippen LogP contribution >= 0.6 is 15.9 Å². The third-order valence-electron chi connectivity index (χ3n) is 4.21. The standard InChI is InChI=1S/C16H22BrF2NO/c1-11(12-5-3-2-4-6-12)20-10-13-9-14(17)7-8-15(13)21-16(18)19/h7-9,11-12,16,20H,2-6,10H2,1H3/t11-/m0/s1. The third-order valence-corrected chi connectivity index (χ3v) is 4.70. The molecule has 0 amide bonds. The zero-order valence-corrected chi connectivity index (χ0v) is 13.8. The van der Waals surface area contributed by atoms with Gasteiger partial charge in [0.1, 0.15) is 5.75 Å².